The number of aliphatic carboxylic acids is 1. The molecule has 0 aliphatic heterocycles. The van der Waals surface area contributed by atoms with Crippen LogP contribution >= 0.6 is 0 Å². The van der Waals surface area contributed by atoms with Gasteiger partial charge in [0, 0.05) is 24.4 Å². The zero-order chi connectivity index (χ0) is 24.4. The monoisotopic (exact) mass is 476 g/mol. The van der Waals surface area contributed by atoms with Crippen LogP contribution in [0.5, 0.6) is 0 Å². The van der Waals surface area contributed by atoms with Crippen LogP contribution in [0.2, 0.25) is 0 Å². The molecule has 3 aliphatic carbocycles. The summed E-state index contributed by atoms with van der Waals surface area (Å²) in [4.78, 5) is 38.8. The van der Waals surface area contributed by atoms with Crippen LogP contribution in [0, 0.1) is 5.92 Å². The Bertz CT molecular complexity index is 1060. The minimum Gasteiger partial charge on any atom is -0.480 e. The van der Waals surface area contributed by atoms with Crippen molar-refractivity contribution in [2.24, 2.45) is 5.92 Å². The highest BCUT2D eigenvalue weighted by atomic mass is 16.5. The van der Waals surface area contributed by atoms with E-state index in [1.165, 1.54) is 16.0 Å². The third kappa shape index (κ3) is 5.19. The molecule has 2 saturated carbocycles. The van der Waals surface area contributed by atoms with Crippen LogP contribution in [0.1, 0.15) is 62.0 Å². The van der Waals surface area contributed by atoms with Gasteiger partial charge in [-0.15, -0.1) is 0 Å². The van der Waals surface area contributed by atoms with Crippen LogP contribution < -0.4 is 5.32 Å². The zero-order valence-corrected chi connectivity index (χ0v) is 19.8. The molecule has 2 aromatic rings. The lowest BCUT2D eigenvalue weighted by molar-refractivity contribution is -0.146. The number of benzene rings is 2. The standard InChI is InChI=1S/C28H32N2O5/c31-26(30(16-27(32)33)19-7-1-2-8-19)15-25(18-13-14-18)29-28(34)35-17-24-22-11-5-3-9-20(22)21-10-4-6-12-23(21)24/h3-6,9-12,18-19,24-25H,1-2,7-8,13-17H2,(H,29,34)(H,32,33). The summed E-state index contributed by atoms with van der Waals surface area (Å²) < 4.78 is 5.69. The Labute approximate surface area is 205 Å². The molecular formula is C28H32N2O5. The van der Waals surface area contributed by atoms with Gasteiger partial charge in [0.25, 0.3) is 0 Å². The van der Waals surface area contributed by atoms with Gasteiger partial charge in [0.15, 0.2) is 0 Å². The molecule has 3 aliphatic rings. The van der Waals surface area contributed by atoms with E-state index in [2.05, 4.69) is 29.6 Å². The third-order valence-electron chi connectivity index (χ3n) is 7.62. The number of nitrogens with one attached hydrogen (secondary N) is 1. The highest BCUT2D eigenvalue weighted by molar-refractivity contribution is 5.83. The maximum atomic E-state index is 13.1. The molecular weight excluding hydrogens is 444 g/mol. The minimum atomic E-state index is -1.00. The van der Waals surface area contributed by atoms with E-state index in [1.807, 2.05) is 24.3 Å². The van der Waals surface area contributed by atoms with Crippen LogP contribution in [0.4, 0.5) is 4.79 Å². The molecule has 0 heterocycles. The quantitative estimate of drug-likeness (QED) is 0.554. The predicted octanol–water partition coefficient (Wildman–Crippen LogP) is 4.55. The summed E-state index contributed by atoms with van der Waals surface area (Å²) in [6.07, 6.45) is 5.19. The number of alkyl carbamates (subject to hydrolysis) is 1. The lowest BCUT2D eigenvalue weighted by atomic mass is 9.98. The van der Waals surface area contributed by atoms with Crippen molar-refractivity contribution < 1.29 is 24.2 Å². The smallest absolute Gasteiger partial charge is 0.407 e. The Balaban J connectivity index is 1.22. The molecule has 1 atom stereocenters. The van der Waals surface area contributed by atoms with E-state index in [4.69, 9.17) is 4.74 Å². The van der Waals surface area contributed by atoms with Gasteiger partial charge in [0.1, 0.15) is 13.2 Å². The fourth-order valence-electron chi connectivity index (χ4n) is 5.71. The van der Waals surface area contributed by atoms with E-state index >= 15 is 0 Å². The van der Waals surface area contributed by atoms with Gasteiger partial charge in [-0.1, -0.05) is 61.4 Å². The molecule has 184 valence electrons. The largest absolute Gasteiger partial charge is 0.480 e. The molecule has 7 heteroatoms. The highest BCUT2D eigenvalue weighted by Gasteiger charge is 2.37. The second kappa shape index (κ2) is 10.1. The van der Waals surface area contributed by atoms with Gasteiger partial charge in [-0.25, -0.2) is 4.79 Å². The number of carboxylic acids is 1. The van der Waals surface area contributed by atoms with Crippen molar-refractivity contribution in [2.75, 3.05) is 13.2 Å². The van der Waals surface area contributed by atoms with Gasteiger partial charge >= 0.3 is 12.1 Å². The summed E-state index contributed by atoms with van der Waals surface area (Å²) in [5, 5.41) is 12.2. The zero-order valence-electron chi connectivity index (χ0n) is 19.8. The van der Waals surface area contributed by atoms with E-state index in [9.17, 15) is 19.5 Å². The summed E-state index contributed by atoms with van der Waals surface area (Å²) in [5.74, 6) is -0.995. The van der Waals surface area contributed by atoms with Crippen molar-refractivity contribution in [2.45, 2.75) is 62.9 Å². The lowest BCUT2D eigenvalue weighted by Gasteiger charge is -2.29. The number of nitrogens with zero attached hydrogens (tertiary/aromatic N) is 1. The molecule has 0 aromatic heterocycles. The Kier molecular flexibility index (Phi) is 6.75. The summed E-state index contributed by atoms with van der Waals surface area (Å²) in [5.41, 5.74) is 4.64. The molecule has 7 nitrogen and oxygen atoms in total. The van der Waals surface area contributed by atoms with Crippen molar-refractivity contribution in [1.82, 2.24) is 10.2 Å². The molecule has 0 bridgehead atoms. The first-order valence-corrected chi connectivity index (χ1v) is 12.6. The third-order valence-corrected chi connectivity index (χ3v) is 7.62. The average Bonchev–Trinajstić information content (AvgIpc) is 3.46. The van der Waals surface area contributed by atoms with Gasteiger partial charge in [0.2, 0.25) is 5.91 Å². The van der Waals surface area contributed by atoms with Crippen molar-refractivity contribution in [1.29, 1.82) is 0 Å². The normalized spacial score (nSPS) is 17.9. The molecule has 2 amide bonds. The lowest BCUT2D eigenvalue weighted by Crippen LogP contribution is -2.46. The van der Waals surface area contributed by atoms with E-state index in [1.54, 1.807) is 0 Å². The van der Waals surface area contributed by atoms with Crippen molar-refractivity contribution in [3.05, 3.63) is 59.7 Å². The first kappa shape index (κ1) is 23.4. The predicted molar refractivity (Wildman–Crippen MR) is 131 cm³/mol. The molecule has 5 rings (SSSR count). The maximum absolute atomic E-state index is 13.1. The Morgan fingerprint density at radius 2 is 1.54 bits per heavy atom. The molecule has 2 fully saturated rings. The molecule has 35 heavy (non-hydrogen) atoms. The van der Waals surface area contributed by atoms with Crippen molar-refractivity contribution in [3.63, 3.8) is 0 Å². The Morgan fingerprint density at radius 1 is 0.943 bits per heavy atom. The van der Waals surface area contributed by atoms with Gasteiger partial charge in [0.05, 0.1) is 0 Å². The second-order valence-electron chi connectivity index (χ2n) is 9.97. The maximum Gasteiger partial charge on any atom is 0.407 e. The van der Waals surface area contributed by atoms with Crippen LogP contribution in [-0.4, -0.2) is 53.2 Å². The van der Waals surface area contributed by atoms with Crippen molar-refractivity contribution >= 4 is 18.0 Å². The number of amides is 2. The number of hydrogen-bond acceptors (Lipinski definition) is 4. The molecule has 2 N–H and O–H groups in total. The number of carbonyl (C=O) groups is 3. The molecule has 0 spiro atoms. The number of carbonyl (C=O) groups excluding carboxylic acids is 2. The minimum absolute atomic E-state index is 0.0205. The first-order valence-electron chi connectivity index (χ1n) is 12.6. The second-order valence-corrected chi connectivity index (χ2v) is 9.97. The van der Waals surface area contributed by atoms with Crippen LogP contribution in [-0.2, 0) is 14.3 Å². The molecule has 2 aromatic carbocycles. The number of ether oxygens (including phenoxy) is 1. The summed E-state index contributed by atoms with van der Waals surface area (Å²) >= 11 is 0. The highest BCUT2D eigenvalue weighted by Crippen LogP contribution is 2.44. The Hall–Kier alpha value is -3.35. The fraction of sp³-hybridized carbons (Fsp3) is 0.464. The van der Waals surface area contributed by atoms with Gasteiger partial charge in [-0.2, -0.15) is 0 Å². The molecule has 0 saturated heterocycles. The van der Waals surface area contributed by atoms with Crippen molar-refractivity contribution in [3.8, 4) is 11.1 Å². The van der Waals surface area contributed by atoms with E-state index in [-0.39, 0.29) is 49.4 Å². The van der Waals surface area contributed by atoms with Crippen LogP contribution in [0.15, 0.2) is 48.5 Å². The number of fused-ring (bicyclic) bond motifs is 3. The van der Waals surface area contributed by atoms with E-state index < -0.39 is 12.1 Å². The number of rotatable bonds is 9. The van der Waals surface area contributed by atoms with E-state index in [0.29, 0.717) is 0 Å². The van der Waals surface area contributed by atoms with Gasteiger partial charge < -0.3 is 20.1 Å². The van der Waals surface area contributed by atoms with Gasteiger partial charge in [-0.05, 0) is 53.9 Å². The summed E-state index contributed by atoms with van der Waals surface area (Å²) in [6.45, 7) is -0.0652. The number of hydrogen-bond donors (Lipinski definition) is 2. The SMILES string of the molecule is O=C(O)CN(C(=O)CC(NC(=O)OCC1c2ccccc2-c2ccccc21)C1CC1)C1CCCC1. The average molecular weight is 477 g/mol. The number of carboxylic acid groups (broad SMARTS) is 1. The Morgan fingerprint density at radius 3 is 2.11 bits per heavy atom. The first-order chi connectivity index (χ1) is 17.0. The van der Waals surface area contributed by atoms with E-state index in [0.717, 1.165) is 49.7 Å². The van der Waals surface area contributed by atoms with Crippen LogP contribution in [0.3, 0.4) is 0 Å². The molecule has 0 radical (unpaired) electrons. The fourth-order valence-corrected chi connectivity index (χ4v) is 5.71. The van der Waals surface area contributed by atoms with Crippen LogP contribution in [0.25, 0.3) is 11.1 Å². The summed E-state index contributed by atoms with van der Waals surface area (Å²) in [7, 11) is 0. The molecule has 1 unspecified atom stereocenters. The summed E-state index contributed by atoms with van der Waals surface area (Å²) in [6, 6.07) is 16.0. The van der Waals surface area contributed by atoms with Gasteiger partial charge in [-0.3, -0.25) is 9.59 Å². The topological polar surface area (TPSA) is 95.9 Å².